The molecule has 0 saturated carbocycles. The van der Waals surface area contributed by atoms with E-state index in [0.29, 0.717) is 6.04 Å². The Morgan fingerprint density at radius 3 is 3.00 bits per heavy atom. The minimum atomic E-state index is 0.408. The van der Waals surface area contributed by atoms with Gasteiger partial charge in [-0.05, 0) is 23.8 Å². The van der Waals surface area contributed by atoms with Crippen LogP contribution in [0.15, 0.2) is 53.7 Å². The van der Waals surface area contributed by atoms with Crippen LogP contribution in [-0.4, -0.2) is 10.7 Å². The van der Waals surface area contributed by atoms with Gasteiger partial charge in [-0.1, -0.05) is 18.2 Å². The molecule has 2 heterocycles. The lowest BCUT2D eigenvalue weighted by Gasteiger charge is -2.13. The largest absolute Gasteiger partial charge is 0.376 e. The predicted octanol–water partition coefficient (Wildman–Crippen LogP) is 3.34. The normalized spacial score (nSPS) is 18.1. The number of hydrogen-bond donors (Lipinski definition) is 1. The van der Waals surface area contributed by atoms with Gasteiger partial charge in [0.15, 0.2) is 0 Å². The summed E-state index contributed by atoms with van der Waals surface area (Å²) < 4.78 is 0. The summed E-state index contributed by atoms with van der Waals surface area (Å²) >= 11 is 1.91. The summed E-state index contributed by atoms with van der Waals surface area (Å²) in [7, 11) is 0. The highest BCUT2D eigenvalue weighted by molar-refractivity contribution is 7.99. The van der Waals surface area contributed by atoms with E-state index in [-0.39, 0.29) is 0 Å². The van der Waals surface area contributed by atoms with Crippen LogP contribution in [0.2, 0.25) is 0 Å². The zero-order valence-corrected chi connectivity index (χ0v) is 9.58. The van der Waals surface area contributed by atoms with Gasteiger partial charge in [-0.15, -0.1) is 11.8 Å². The van der Waals surface area contributed by atoms with Crippen LogP contribution in [0, 0.1) is 0 Å². The van der Waals surface area contributed by atoms with E-state index in [1.54, 1.807) is 6.20 Å². The Morgan fingerprint density at radius 1 is 1.19 bits per heavy atom. The first kappa shape index (κ1) is 9.73. The second kappa shape index (κ2) is 4.18. The molecule has 0 bridgehead atoms. The first-order valence-corrected chi connectivity index (χ1v) is 6.30. The molecule has 0 aliphatic carbocycles. The van der Waals surface area contributed by atoms with Crippen LogP contribution in [0.4, 0.5) is 5.69 Å². The molecule has 1 atom stereocenters. The summed E-state index contributed by atoms with van der Waals surface area (Å²) in [4.78, 5) is 5.51. The van der Waals surface area contributed by atoms with E-state index in [0.717, 1.165) is 11.4 Å². The van der Waals surface area contributed by atoms with E-state index < -0.39 is 0 Å². The zero-order chi connectivity index (χ0) is 10.8. The molecule has 0 spiro atoms. The number of pyridine rings is 1. The fraction of sp³-hybridized carbons (Fsp3) is 0.154. The average Bonchev–Trinajstić information content (AvgIpc) is 2.74. The third-order valence-corrected chi connectivity index (χ3v) is 3.89. The summed E-state index contributed by atoms with van der Waals surface area (Å²) in [5.74, 6) is 1.09. The lowest BCUT2D eigenvalue weighted by atomic mass is 10.1. The summed E-state index contributed by atoms with van der Waals surface area (Å²) in [6.07, 6.45) is 3.66. The maximum absolute atomic E-state index is 4.11. The van der Waals surface area contributed by atoms with Gasteiger partial charge < -0.3 is 5.32 Å². The number of anilines is 1. The lowest BCUT2D eigenvalue weighted by molar-refractivity contribution is 0.898. The fourth-order valence-electron chi connectivity index (χ4n) is 1.93. The molecule has 3 heteroatoms. The average molecular weight is 228 g/mol. The van der Waals surface area contributed by atoms with Crippen LogP contribution < -0.4 is 5.32 Å². The third kappa shape index (κ3) is 1.78. The number of nitrogens with zero attached hydrogens (tertiary/aromatic N) is 1. The van der Waals surface area contributed by atoms with Gasteiger partial charge >= 0.3 is 0 Å². The fourth-order valence-corrected chi connectivity index (χ4v) is 3.09. The number of aromatic nitrogens is 1. The Labute approximate surface area is 99.1 Å². The Hall–Kier alpha value is -1.48. The standard InChI is InChI=1S/C13H12N2S/c1-2-6-13-11(5-1)12(9-16-13)15-10-4-3-7-14-8-10/h1-8,12,15H,9H2. The first-order valence-electron chi connectivity index (χ1n) is 5.32. The zero-order valence-electron chi connectivity index (χ0n) is 8.76. The topological polar surface area (TPSA) is 24.9 Å². The maximum atomic E-state index is 4.11. The van der Waals surface area contributed by atoms with Gasteiger partial charge in [0.05, 0.1) is 11.7 Å². The number of thioether (sulfide) groups is 1. The maximum Gasteiger partial charge on any atom is 0.0619 e. The van der Waals surface area contributed by atoms with E-state index in [1.165, 1.54) is 10.5 Å². The van der Waals surface area contributed by atoms with Crippen LogP contribution in [0.25, 0.3) is 0 Å². The van der Waals surface area contributed by atoms with Gasteiger partial charge in [-0.2, -0.15) is 0 Å². The number of nitrogens with one attached hydrogen (secondary N) is 1. The van der Waals surface area contributed by atoms with Crippen LogP contribution in [0.3, 0.4) is 0 Å². The molecule has 1 aliphatic rings. The van der Waals surface area contributed by atoms with Gasteiger partial charge in [0.2, 0.25) is 0 Å². The molecule has 1 N–H and O–H groups in total. The minimum absolute atomic E-state index is 0.408. The number of hydrogen-bond acceptors (Lipinski definition) is 3. The van der Waals surface area contributed by atoms with E-state index in [4.69, 9.17) is 0 Å². The Bertz CT molecular complexity index is 484. The van der Waals surface area contributed by atoms with Crippen molar-refractivity contribution in [3.63, 3.8) is 0 Å². The Morgan fingerprint density at radius 2 is 2.12 bits per heavy atom. The monoisotopic (exact) mass is 228 g/mol. The number of rotatable bonds is 2. The molecule has 16 heavy (non-hydrogen) atoms. The number of benzene rings is 1. The predicted molar refractivity (Wildman–Crippen MR) is 67.8 cm³/mol. The lowest BCUT2D eigenvalue weighted by Crippen LogP contribution is -2.09. The summed E-state index contributed by atoms with van der Waals surface area (Å²) in [6.45, 7) is 0. The van der Waals surface area contributed by atoms with Crippen molar-refractivity contribution in [2.24, 2.45) is 0 Å². The highest BCUT2D eigenvalue weighted by Crippen LogP contribution is 2.39. The van der Waals surface area contributed by atoms with E-state index in [1.807, 2.05) is 24.0 Å². The molecule has 2 nitrogen and oxygen atoms in total. The van der Waals surface area contributed by atoms with Crippen molar-refractivity contribution in [2.75, 3.05) is 11.1 Å². The van der Waals surface area contributed by atoms with Crippen molar-refractivity contribution in [2.45, 2.75) is 10.9 Å². The van der Waals surface area contributed by atoms with Gasteiger partial charge in [0.25, 0.3) is 0 Å². The Kier molecular flexibility index (Phi) is 2.54. The van der Waals surface area contributed by atoms with Crippen molar-refractivity contribution in [3.05, 3.63) is 54.4 Å². The van der Waals surface area contributed by atoms with Gasteiger partial charge in [0, 0.05) is 23.0 Å². The van der Waals surface area contributed by atoms with Crippen molar-refractivity contribution in [3.8, 4) is 0 Å². The second-order valence-electron chi connectivity index (χ2n) is 3.79. The number of fused-ring (bicyclic) bond motifs is 1. The highest BCUT2D eigenvalue weighted by Gasteiger charge is 2.22. The van der Waals surface area contributed by atoms with Gasteiger partial charge in [0.1, 0.15) is 0 Å². The first-order chi connectivity index (χ1) is 7.93. The Balaban J connectivity index is 1.84. The quantitative estimate of drug-likeness (QED) is 0.853. The molecule has 1 aromatic heterocycles. The molecule has 0 radical (unpaired) electrons. The molecule has 80 valence electrons. The van der Waals surface area contributed by atoms with E-state index in [2.05, 4.69) is 40.6 Å². The summed E-state index contributed by atoms with van der Waals surface area (Å²) in [6, 6.07) is 13.0. The van der Waals surface area contributed by atoms with Crippen molar-refractivity contribution < 1.29 is 0 Å². The van der Waals surface area contributed by atoms with E-state index >= 15 is 0 Å². The second-order valence-corrected chi connectivity index (χ2v) is 4.85. The molecule has 0 fully saturated rings. The molecular formula is C13H12N2S. The van der Waals surface area contributed by atoms with E-state index in [9.17, 15) is 0 Å². The van der Waals surface area contributed by atoms with Crippen molar-refractivity contribution in [1.82, 2.24) is 4.98 Å². The van der Waals surface area contributed by atoms with Crippen LogP contribution in [0.1, 0.15) is 11.6 Å². The van der Waals surface area contributed by atoms with Gasteiger partial charge in [-0.25, -0.2) is 0 Å². The summed E-state index contributed by atoms with van der Waals surface area (Å²) in [5, 5.41) is 3.51. The molecule has 3 rings (SSSR count). The molecule has 1 aromatic carbocycles. The van der Waals surface area contributed by atoms with Crippen molar-refractivity contribution in [1.29, 1.82) is 0 Å². The molecule has 1 unspecified atom stereocenters. The third-order valence-electron chi connectivity index (χ3n) is 2.70. The molecular weight excluding hydrogens is 216 g/mol. The smallest absolute Gasteiger partial charge is 0.0619 e. The van der Waals surface area contributed by atoms with Crippen LogP contribution >= 0.6 is 11.8 Å². The van der Waals surface area contributed by atoms with Crippen molar-refractivity contribution >= 4 is 17.4 Å². The minimum Gasteiger partial charge on any atom is -0.376 e. The summed E-state index contributed by atoms with van der Waals surface area (Å²) in [5.41, 5.74) is 2.49. The molecule has 2 aromatic rings. The molecule has 1 aliphatic heterocycles. The highest BCUT2D eigenvalue weighted by atomic mass is 32.2. The van der Waals surface area contributed by atoms with Crippen LogP contribution in [0.5, 0.6) is 0 Å². The van der Waals surface area contributed by atoms with Gasteiger partial charge in [-0.3, -0.25) is 4.98 Å². The molecule has 0 saturated heterocycles. The van der Waals surface area contributed by atoms with Crippen LogP contribution in [-0.2, 0) is 0 Å². The SMILES string of the molecule is c1cncc(NC2CSc3ccccc32)c1. The molecule has 0 amide bonds.